The molecule has 15 heavy (non-hydrogen) atoms. The van der Waals surface area contributed by atoms with Gasteiger partial charge in [0.2, 0.25) is 0 Å². The van der Waals surface area contributed by atoms with Crippen LogP contribution in [0.2, 0.25) is 0 Å². The first-order valence-corrected chi connectivity index (χ1v) is 6.52. The van der Waals surface area contributed by atoms with E-state index in [0.717, 1.165) is 20.0 Å². The van der Waals surface area contributed by atoms with E-state index in [1.54, 1.807) is 34.4 Å². The minimum atomic E-state index is 0. The van der Waals surface area contributed by atoms with Crippen LogP contribution in [0.1, 0.15) is 15.7 Å². The first-order valence-electron chi connectivity index (χ1n) is 4.07. The monoisotopic (exact) mass is 294 g/mol. The Labute approximate surface area is 113 Å². The molecule has 79 valence electrons. The summed E-state index contributed by atoms with van der Waals surface area (Å²) in [6.07, 6.45) is 0. The van der Waals surface area contributed by atoms with Gasteiger partial charge < -0.3 is 0 Å². The van der Waals surface area contributed by atoms with E-state index >= 15 is 0 Å². The second-order valence-corrected chi connectivity index (χ2v) is 6.70. The van der Waals surface area contributed by atoms with Gasteiger partial charge in [0.05, 0.1) is 14.9 Å². The molecule has 3 nitrogen and oxygen atoms in total. The van der Waals surface area contributed by atoms with Gasteiger partial charge in [-0.25, -0.2) is 4.98 Å². The summed E-state index contributed by atoms with van der Waals surface area (Å²) in [7, 11) is 0. The number of hydrogen-bond acceptors (Lipinski definition) is 6. The minimum Gasteiger partial charge on any atom is -0.246 e. The third-order valence-corrected chi connectivity index (χ3v) is 4.79. The molecule has 0 aromatic carbocycles. The third-order valence-electron chi connectivity index (χ3n) is 1.55. The standard InChI is InChI=1S/C8H9N3S3.V/c1-4-7(12-5(2)9-4)14-8-11-10-6(3)13-8;/h1-3H3;. The number of rotatable bonds is 2. The summed E-state index contributed by atoms with van der Waals surface area (Å²) in [5, 5.41) is 10.2. The van der Waals surface area contributed by atoms with Gasteiger partial charge in [-0.3, -0.25) is 0 Å². The molecule has 2 aromatic heterocycles. The molecule has 2 rings (SSSR count). The molecule has 0 spiro atoms. The van der Waals surface area contributed by atoms with Crippen LogP contribution in [0.15, 0.2) is 8.55 Å². The van der Waals surface area contributed by atoms with Gasteiger partial charge in [0.1, 0.15) is 5.01 Å². The number of aryl methyl sites for hydroxylation is 3. The molecule has 0 saturated heterocycles. The summed E-state index contributed by atoms with van der Waals surface area (Å²) in [5.41, 5.74) is 1.09. The molecule has 0 atom stereocenters. The first-order chi connectivity index (χ1) is 6.65. The van der Waals surface area contributed by atoms with E-state index in [4.69, 9.17) is 0 Å². The Kier molecular flexibility index (Phi) is 4.79. The van der Waals surface area contributed by atoms with Gasteiger partial charge in [0, 0.05) is 18.6 Å². The summed E-state index contributed by atoms with van der Waals surface area (Å²) in [6, 6.07) is 0. The fourth-order valence-electron chi connectivity index (χ4n) is 1.01. The molecule has 0 saturated carbocycles. The molecule has 0 fully saturated rings. The van der Waals surface area contributed by atoms with Crippen LogP contribution in [0, 0.1) is 20.8 Å². The fraction of sp³-hybridized carbons (Fsp3) is 0.375. The number of aromatic nitrogens is 3. The molecule has 0 unspecified atom stereocenters. The fourth-order valence-corrected chi connectivity index (χ4v) is 4.20. The van der Waals surface area contributed by atoms with Crippen LogP contribution in [0.4, 0.5) is 0 Å². The van der Waals surface area contributed by atoms with Crippen LogP contribution in [0.3, 0.4) is 0 Å². The van der Waals surface area contributed by atoms with E-state index in [2.05, 4.69) is 15.2 Å². The predicted molar refractivity (Wildman–Crippen MR) is 60.4 cm³/mol. The van der Waals surface area contributed by atoms with E-state index in [1.165, 1.54) is 4.21 Å². The number of nitrogens with zero attached hydrogens (tertiary/aromatic N) is 3. The van der Waals surface area contributed by atoms with Crippen LogP contribution >= 0.6 is 34.4 Å². The van der Waals surface area contributed by atoms with Gasteiger partial charge in [0.25, 0.3) is 0 Å². The zero-order valence-corrected chi connectivity index (χ0v) is 12.4. The van der Waals surface area contributed by atoms with E-state index in [0.29, 0.717) is 0 Å². The average molecular weight is 294 g/mol. The Morgan fingerprint density at radius 2 is 1.73 bits per heavy atom. The molecule has 2 heterocycles. The van der Waals surface area contributed by atoms with Crippen molar-refractivity contribution in [2.24, 2.45) is 0 Å². The Morgan fingerprint density at radius 1 is 1.00 bits per heavy atom. The van der Waals surface area contributed by atoms with Crippen LogP contribution in [-0.4, -0.2) is 15.2 Å². The van der Waals surface area contributed by atoms with Crippen molar-refractivity contribution in [2.75, 3.05) is 0 Å². The first kappa shape index (κ1) is 13.2. The molecular formula is C8H9N3S3V. The number of thiazole rings is 1. The van der Waals surface area contributed by atoms with Crippen molar-refractivity contribution in [1.29, 1.82) is 0 Å². The molecule has 0 bridgehead atoms. The molecule has 7 heteroatoms. The normalized spacial score (nSPS) is 10.1. The van der Waals surface area contributed by atoms with Crippen molar-refractivity contribution in [3.05, 3.63) is 15.7 Å². The largest absolute Gasteiger partial charge is 0.246 e. The molecular weight excluding hydrogens is 285 g/mol. The van der Waals surface area contributed by atoms with Crippen molar-refractivity contribution in [3.8, 4) is 0 Å². The maximum Gasteiger partial charge on any atom is 0.179 e. The summed E-state index contributed by atoms with van der Waals surface area (Å²) >= 11 is 4.99. The molecule has 0 amide bonds. The van der Waals surface area contributed by atoms with Crippen LogP contribution in [0.25, 0.3) is 0 Å². The van der Waals surface area contributed by atoms with E-state index in [-0.39, 0.29) is 18.6 Å². The Morgan fingerprint density at radius 3 is 2.20 bits per heavy atom. The van der Waals surface area contributed by atoms with Crippen LogP contribution in [-0.2, 0) is 18.6 Å². The Balaban J connectivity index is 0.00000112. The van der Waals surface area contributed by atoms with E-state index in [9.17, 15) is 0 Å². The predicted octanol–water partition coefficient (Wildman–Crippen LogP) is 3.07. The molecule has 0 aliphatic carbocycles. The summed E-state index contributed by atoms with van der Waals surface area (Å²) < 4.78 is 2.22. The molecule has 0 N–H and O–H groups in total. The van der Waals surface area contributed by atoms with Crippen LogP contribution in [0.5, 0.6) is 0 Å². The maximum absolute atomic E-state index is 4.37. The third kappa shape index (κ3) is 3.29. The summed E-state index contributed by atoms with van der Waals surface area (Å²) in [5.74, 6) is 0. The van der Waals surface area contributed by atoms with Crippen molar-refractivity contribution >= 4 is 34.4 Å². The SMILES string of the molecule is Cc1nnc(Sc2sc(C)nc2C)s1.[V]. The quantitative estimate of drug-likeness (QED) is 0.853. The summed E-state index contributed by atoms with van der Waals surface area (Å²) in [6.45, 7) is 6.01. The van der Waals surface area contributed by atoms with Gasteiger partial charge in [-0.15, -0.1) is 21.5 Å². The van der Waals surface area contributed by atoms with Crippen molar-refractivity contribution < 1.29 is 18.6 Å². The molecule has 0 aliphatic rings. The number of hydrogen-bond donors (Lipinski definition) is 0. The average Bonchev–Trinajstić information content (AvgIpc) is 2.61. The molecule has 2 aromatic rings. The topological polar surface area (TPSA) is 38.7 Å². The van der Waals surface area contributed by atoms with Gasteiger partial charge in [-0.1, -0.05) is 11.3 Å². The zero-order valence-electron chi connectivity index (χ0n) is 8.51. The molecule has 0 aliphatic heterocycles. The van der Waals surface area contributed by atoms with Gasteiger partial charge in [-0.05, 0) is 32.5 Å². The van der Waals surface area contributed by atoms with Gasteiger partial charge in [-0.2, -0.15) is 0 Å². The Hall–Kier alpha value is 0.124. The van der Waals surface area contributed by atoms with Gasteiger partial charge >= 0.3 is 0 Å². The van der Waals surface area contributed by atoms with Crippen molar-refractivity contribution in [3.63, 3.8) is 0 Å². The van der Waals surface area contributed by atoms with Crippen molar-refractivity contribution in [1.82, 2.24) is 15.2 Å². The summed E-state index contributed by atoms with van der Waals surface area (Å²) in [4.78, 5) is 4.37. The second-order valence-electron chi connectivity index (χ2n) is 2.79. The second kappa shape index (κ2) is 5.45. The van der Waals surface area contributed by atoms with Crippen LogP contribution < -0.4 is 0 Å². The maximum atomic E-state index is 4.37. The molecule has 1 radical (unpaired) electrons. The Bertz CT molecular complexity index is 452. The minimum absolute atomic E-state index is 0. The smallest absolute Gasteiger partial charge is 0.179 e. The van der Waals surface area contributed by atoms with E-state index < -0.39 is 0 Å². The zero-order chi connectivity index (χ0) is 10.1. The van der Waals surface area contributed by atoms with E-state index in [1.807, 2.05) is 20.8 Å². The van der Waals surface area contributed by atoms with Crippen molar-refractivity contribution in [2.45, 2.75) is 29.3 Å². The van der Waals surface area contributed by atoms with Gasteiger partial charge in [0.15, 0.2) is 4.34 Å².